The van der Waals surface area contributed by atoms with E-state index in [1.165, 1.54) is 0 Å². The van der Waals surface area contributed by atoms with Crippen LogP contribution in [-0.2, 0) is 17.8 Å². The molecule has 2 aromatic heterocycles. The van der Waals surface area contributed by atoms with Crippen molar-refractivity contribution < 1.29 is 19.2 Å². The van der Waals surface area contributed by atoms with Crippen molar-refractivity contribution in [1.82, 2.24) is 15.1 Å². The van der Waals surface area contributed by atoms with Crippen LogP contribution < -0.4 is 0 Å². The molecule has 25 heavy (non-hydrogen) atoms. The second kappa shape index (κ2) is 8.16. The third-order valence-corrected chi connectivity index (χ3v) is 3.53. The van der Waals surface area contributed by atoms with Crippen LogP contribution in [0, 0.1) is 0 Å². The molecule has 0 bridgehead atoms. The second-order valence-corrected chi connectivity index (χ2v) is 5.35. The third-order valence-electron chi connectivity index (χ3n) is 3.53. The number of carbonyl (C=O) groups is 1. The van der Waals surface area contributed by atoms with E-state index in [4.69, 9.17) is 14.4 Å². The van der Waals surface area contributed by atoms with E-state index in [0.29, 0.717) is 30.1 Å². The van der Waals surface area contributed by atoms with Crippen molar-refractivity contribution in [2.75, 3.05) is 6.61 Å². The number of carbonyl (C=O) groups excluding carboxylic acids is 1. The van der Waals surface area contributed by atoms with E-state index in [1.807, 2.05) is 6.07 Å². The van der Waals surface area contributed by atoms with Crippen LogP contribution in [-0.4, -0.2) is 32.8 Å². The topological polar surface area (TPSA) is 98.3 Å². The van der Waals surface area contributed by atoms with E-state index >= 15 is 0 Å². The van der Waals surface area contributed by atoms with E-state index in [1.54, 1.807) is 42.7 Å². The Bertz CT molecular complexity index is 816. The van der Waals surface area contributed by atoms with Gasteiger partial charge in [-0.2, -0.15) is 4.98 Å². The minimum absolute atomic E-state index is 0.0550. The van der Waals surface area contributed by atoms with Gasteiger partial charge < -0.3 is 14.4 Å². The number of aliphatic hydroxyl groups is 1. The molecule has 1 N–H and O–H groups in total. The van der Waals surface area contributed by atoms with Crippen molar-refractivity contribution in [2.24, 2.45) is 0 Å². The first-order valence-corrected chi connectivity index (χ1v) is 7.86. The number of hydrogen-bond donors (Lipinski definition) is 1. The summed E-state index contributed by atoms with van der Waals surface area (Å²) in [5.74, 6) is 0.581. The molecule has 0 aliphatic heterocycles. The molecule has 0 fully saturated rings. The first-order valence-electron chi connectivity index (χ1n) is 7.86. The van der Waals surface area contributed by atoms with Gasteiger partial charge in [-0.1, -0.05) is 17.3 Å². The molecular weight excluding hydrogens is 322 g/mol. The average molecular weight is 339 g/mol. The first kappa shape index (κ1) is 16.8. The smallest absolute Gasteiger partial charge is 0.338 e. The number of rotatable bonds is 7. The van der Waals surface area contributed by atoms with E-state index in [9.17, 15) is 4.79 Å². The molecule has 0 saturated carbocycles. The number of aliphatic hydroxyl groups excluding tert-OH is 1. The van der Waals surface area contributed by atoms with Crippen LogP contribution in [0.5, 0.6) is 0 Å². The largest absolute Gasteiger partial charge is 0.462 e. The minimum Gasteiger partial charge on any atom is -0.462 e. The summed E-state index contributed by atoms with van der Waals surface area (Å²) in [5, 5.41) is 12.9. The highest BCUT2D eigenvalue weighted by molar-refractivity contribution is 5.89. The molecule has 2 heterocycles. The second-order valence-electron chi connectivity index (χ2n) is 5.35. The molecule has 0 unspecified atom stereocenters. The Morgan fingerprint density at radius 1 is 1.20 bits per heavy atom. The summed E-state index contributed by atoms with van der Waals surface area (Å²) in [6.07, 6.45) is 4.44. The summed E-state index contributed by atoms with van der Waals surface area (Å²) in [6, 6.07) is 10.3. The summed E-state index contributed by atoms with van der Waals surface area (Å²) in [4.78, 5) is 20.2. The Kier molecular flexibility index (Phi) is 5.48. The molecule has 7 heteroatoms. The monoisotopic (exact) mass is 339 g/mol. The lowest BCUT2D eigenvalue weighted by atomic mass is 10.1. The minimum atomic E-state index is -0.397. The van der Waals surface area contributed by atoms with Crippen molar-refractivity contribution >= 4 is 5.97 Å². The van der Waals surface area contributed by atoms with Crippen molar-refractivity contribution in [3.05, 3.63) is 65.8 Å². The summed E-state index contributed by atoms with van der Waals surface area (Å²) >= 11 is 0. The maximum Gasteiger partial charge on any atom is 0.338 e. The molecule has 1 aromatic carbocycles. The molecule has 128 valence electrons. The van der Waals surface area contributed by atoms with Gasteiger partial charge in [0.15, 0.2) is 0 Å². The maximum absolute atomic E-state index is 11.9. The van der Waals surface area contributed by atoms with Crippen molar-refractivity contribution in [2.45, 2.75) is 19.4 Å². The molecule has 0 spiro atoms. The number of aromatic nitrogens is 3. The summed E-state index contributed by atoms with van der Waals surface area (Å²) < 4.78 is 10.4. The number of ether oxygens (including phenoxy) is 1. The van der Waals surface area contributed by atoms with Crippen LogP contribution in [0.2, 0.25) is 0 Å². The van der Waals surface area contributed by atoms with Gasteiger partial charge in [-0.15, -0.1) is 0 Å². The third kappa shape index (κ3) is 4.48. The zero-order valence-electron chi connectivity index (χ0n) is 13.5. The SMILES string of the molecule is O=C(OCCCc1nc(-c2cccnc2)no1)c1ccc(CO)cc1. The fraction of sp³-hybridized carbons (Fsp3) is 0.222. The molecule has 0 radical (unpaired) electrons. The molecular formula is C18H17N3O4. The number of aryl methyl sites for hydroxylation is 1. The van der Waals surface area contributed by atoms with E-state index in [-0.39, 0.29) is 13.2 Å². The van der Waals surface area contributed by atoms with Gasteiger partial charge in [0.2, 0.25) is 11.7 Å². The highest BCUT2D eigenvalue weighted by Crippen LogP contribution is 2.14. The Labute approximate surface area is 144 Å². The van der Waals surface area contributed by atoms with Crippen LogP contribution >= 0.6 is 0 Å². The van der Waals surface area contributed by atoms with Crippen LogP contribution in [0.1, 0.15) is 28.2 Å². The summed E-state index contributed by atoms with van der Waals surface area (Å²) in [6.45, 7) is 0.200. The van der Waals surface area contributed by atoms with Gasteiger partial charge in [0.25, 0.3) is 0 Å². The highest BCUT2D eigenvalue weighted by atomic mass is 16.5. The van der Waals surface area contributed by atoms with Gasteiger partial charge in [-0.3, -0.25) is 4.98 Å². The molecule has 3 aromatic rings. The first-order chi connectivity index (χ1) is 12.3. The molecule has 3 rings (SSSR count). The van der Waals surface area contributed by atoms with E-state index in [2.05, 4.69) is 15.1 Å². The Hall–Kier alpha value is -3.06. The van der Waals surface area contributed by atoms with Gasteiger partial charge in [0, 0.05) is 24.4 Å². The standard InChI is InChI=1S/C18H17N3O4/c22-12-13-5-7-14(8-6-13)18(23)24-10-2-4-16-20-17(21-25-16)15-3-1-9-19-11-15/h1,3,5-9,11,22H,2,4,10,12H2. The zero-order valence-corrected chi connectivity index (χ0v) is 13.5. The molecule has 0 atom stereocenters. The Balaban J connectivity index is 1.45. The number of pyridine rings is 1. The lowest BCUT2D eigenvalue weighted by molar-refractivity contribution is 0.0498. The van der Waals surface area contributed by atoms with Gasteiger partial charge >= 0.3 is 5.97 Å². The van der Waals surface area contributed by atoms with Gasteiger partial charge in [-0.05, 0) is 36.2 Å². The average Bonchev–Trinajstić information content (AvgIpc) is 3.15. The Morgan fingerprint density at radius 3 is 2.76 bits per heavy atom. The van der Waals surface area contributed by atoms with Gasteiger partial charge in [0.05, 0.1) is 18.8 Å². The molecule has 0 saturated heterocycles. The lowest BCUT2D eigenvalue weighted by Gasteiger charge is -2.04. The van der Waals surface area contributed by atoms with Crippen molar-refractivity contribution in [3.63, 3.8) is 0 Å². The van der Waals surface area contributed by atoms with E-state index < -0.39 is 5.97 Å². The predicted octanol–water partition coefficient (Wildman–Crippen LogP) is 2.41. The van der Waals surface area contributed by atoms with Gasteiger partial charge in [0.1, 0.15) is 0 Å². The number of esters is 1. The predicted molar refractivity (Wildman–Crippen MR) is 88.5 cm³/mol. The number of hydrogen-bond acceptors (Lipinski definition) is 7. The quantitative estimate of drug-likeness (QED) is 0.521. The van der Waals surface area contributed by atoms with Crippen LogP contribution in [0.15, 0.2) is 53.3 Å². The fourth-order valence-corrected chi connectivity index (χ4v) is 2.19. The zero-order chi connectivity index (χ0) is 17.5. The number of benzene rings is 1. The molecule has 7 nitrogen and oxygen atoms in total. The lowest BCUT2D eigenvalue weighted by Crippen LogP contribution is -2.07. The van der Waals surface area contributed by atoms with Crippen LogP contribution in [0.4, 0.5) is 0 Å². The van der Waals surface area contributed by atoms with E-state index in [0.717, 1.165) is 11.1 Å². The molecule has 0 aliphatic rings. The van der Waals surface area contributed by atoms with Gasteiger partial charge in [-0.25, -0.2) is 4.79 Å². The van der Waals surface area contributed by atoms with Crippen molar-refractivity contribution in [1.29, 1.82) is 0 Å². The van der Waals surface area contributed by atoms with Crippen LogP contribution in [0.3, 0.4) is 0 Å². The maximum atomic E-state index is 11.9. The number of nitrogens with zero attached hydrogens (tertiary/aromatic N) is 3. The van der Waals surface area contributed by atoms with Crippen LogP contribution in [0.25, 0.3) is 11.4 Å². The Morgan fingerprint density at radius 2 is 2.04 bits per heavy atom. The fourth-order valence-electron chi connectivity index (χ4n) is 2.19. The summed E-state index contributed by atoms with van der Waals surface area (Å²) in [7, 11) is 0. The molecule has 0 aliphatic carbocycles. The van der Waals surface area contributed by atoms with Crippen molar-refractivity contribution in [3.8, 4) is 11.4 Å². The highest BCUT2D eigenvalue weighted by Gasteiger charge is 2.10. The normalized spacial score (nSPS) is 10.6. The summed E-state index contributed by atoms with van der Waals surface area (Å²) in [5.41, 5.74) is 1.99. The molecule has 0 amide bonds.